The van der Waals surface area contributed by atoms with Crippen LogP contribution in [0.15, 0.2) is 12.2 Å². The van der Waals surface area contributed by atoms with Crippen molar-refractivity contribution in [2.75, 3.05) is 27.2 Å². The van der Waals surface area contributed by atoms with Crippen LogP contribution in [0.25, 0.3) is 0 Å². The van der Waals surface area contributed by atoms with Crippen molar-refractivity contribution in [2.45, 2.75) is 25.2 Å². The number of hydrogen-bond donors (Lipinski definition) is 1. The van der Waals surface area contributed by atoms with E-state index in [4.69, 9.17) is 15.2 Å². The van der Waals surface area contributed by atoms with Gasteiger partial charge in [-0.25, -0.2) is 4.79 Å². The van der Waals surface area contributed by atoms with Crippen LogP contribution in [0.3, 0.4) is 0 Å². The lowest BCUT2D eigenvalue weighted by molar-refractivity contribution is -0.175. The van der Waals surface area contributed by atoms with Crippen molar-refractivity contribution < 1.29 is 14.3 Å². The average molecular weight is 228 g/mol. The van der Waals surface area contributed by atoms with E-state index in [1.54, 1.807) is 6.92 Å². The van der Waals surface area contributed by atoms with Gasteiger partial charge in [-0.2, -0.15) is 0 Å². The lowest BCUT2D eigenvalue weighted by Crippen LogP contribution is -2.54. The molecular formula is C11H20N2O3. The number of nitrogens with two attached hydrogens (primary N) is 1. The minimum Gasteiger partial charge on any atom is -0.439 e. The number of carbonyl (C=O) groups excluding carboxylic acids is 1. The maximum Gasteiger partial charge on any atom is 0.334 e. The summed E-state index contributed by atoms with van der Waals surface area (Å²) in [4.78, 5) is 13.4. The zero-order valence-electron chi connectivity index (χ0n) is 10.2. The highest BCUT2D eigenvalue weighted by Gasteiger charge is 2.42. The van der Waals surface area contributed by atoms with Crippen molar-refractivity contribution in [2.24, 2.45) is 5.73 Å². The molecule has 0 amide bonds. The third-order valence-electron chi connectivity index (χ3n) is 2.71. The van der Waals surface area contributed by atoms with Crippen LogP contribution in [0.5, 0.6) is 0 Å². The first-order chi connectivity index (χ1) is 7.41. The van der Waals surface area contributed by atoms with Gasteiger partial charge in [0.1, 0.15) is 0 Å². The van der Waals surface area contributed by atoms with Gasteiger partial charge in [0, 0.05) is 18.5 Å². The number of rotatable bonds is 6. The predicted molar refractivity (Wildman–Crippen MR) is 60.7 cm³/mol. The fourth-order valence-corrected chi connectivity index (χ4v) is 1.42. The van der Waals surface area contributed by atoms with Gasteiger partial charge in [-0.3, -0.25) is 4.90 Å². The van der Waals surface area contributed by atoms with Gasteiger partial charge in [0.25, 0.3) is 0 Å². The van der Waals surface area contributed by atoms with E-state index in [2.05, 4.69) is 6.58 Å². The molecular weight excluding hydrogens is 208 g/mol. The highest BCUT2D eigenvalue weighted by molar-refractivity contribution is 5.87. The summed E-state index contributed by atoms with van der Waals surface area (Å²) in [5.41, 5.74) is 5.31. The van der Waals surface area contributed by atoms with Crippen molar-refractivity contribution in [1.29, 1.82) is 0 Å². The zero-order valence-corrected chi connectivity index (χ0v) is 10.2. The number of likely N-dealkylation sites (N-methyl/N-ethyl adjacent to an activating group) is 1. The first-order valence-electron chi connectivity index (χ1n) is 5.29. The molecule has 0 aromatic rings. The Labute approximate surface area is 96.2 Å². The third kappa shape index (κ3) is 3.04. The predicted octanol–water partition coefficient (Wildman–Crippen LogP) is 0.111. The van der Waals surface area contributed by atoms with E-state index in [1.807, 2.05) is 19.0 Å². The van der Waals surface area contributed by atoms with Crippen LogP contribution in [0.4, 0.5) is 0 Å². The fraction of sp³-hybridized carbons (Fsp3) is 0.727. The summed E-state index contributed by atoms with van der Waals surface area (Å²) in [5.74, 6) is -0.417. The van der Waals surface area contributed by atoms with Crippen LogP contribution >= 0.6 is 0 Å². The van der Waals surface area contributed by atoms with Crippen LogP contribution in [0.2, 0.25) is 0 Å². The second-order valence-corrected chi connectivity index (χ2v) is 4.37. The Morgan fingerprint density at radius 3 is 2.56 bits per heavy atom. The van der Waals surface area contributed by atoms with E-state index >= 15 is 0 Å². The molecule has 0 aromatic heterocycles. The molecule has 5 nitrogen and oxygen atoms in total. The molecule has 1 aliphatic rings. The van der Waals surface area contributed by atoms with Crippen molar-refractivity contribution in [3.63, 3.8) is 0 Å². The summed E-state index contributed by atoms with van der Waals surface area (Å²) in [6.45, 7) is 6.12. The lowest BCUT2D eigenvalue weighted by Gasteiger charge is -2.37. The Morgan fingerprint density at radius 2 is 2.25 bits per heavy atom. The van der Waals surface area contributed by atoms with Crippen LogP contribution in [-0.4, -0.2) is 49.9 Å². The first-order valence-corrected chi connectivity index (χ1v) is 5.29. The van der Waals surface area contributed by atoms with E-state index in [9.17, 15) is 4.79 Å². The Bertz CT molecular complexity index is 287. The molecule has 0 radical (unpaired) electrons. The monoisotopic (exact) mass is 228 g/mol. The molecule has 2 atom stereocenters. The van der Waals surface area contributed by atoms with Crippen LogP contribution in [0.1, 0.15) is 13.3 Å². The number of esters is 1. The van der Waals surface area contributed by atoms with Crippen molar-refractivity contribution >= 4 is 5.97 Å². The second kappa shape index (κ2) is 4.95. The van der Waals surface area contributed by atoms with Gasteiger partial charge in [0.15, 0.2) is 5.72 Å². The molecule has 0 aliphatic carbocycles. The topological polar surface area (TPSA) is 68.1 Å². The van der Waals surface area contributed by atoms with E-state index in [-0.39, 0.29) is 12.6 Å². The van der Waals surface area contributed by atoms with Crippen LogP contribution in [-0.2, 0) is 14.3 Å². The third-order valence-corrected chi connectivity index (χ3v) is 2.71. The summed E-state index contributed by atoms with van der Waals surface area (Å²) in [7, 11) is 3.67. The molecule has 2 N–H and O–H groups in total. The molecule has 1 rings (SSSR count). The fourth-order valence-electron chi connectivity index (χ4n) is 1.42. The van der Waals surface area contributed by atoms with E-state index in [0.717, 1.165) is 0 Å². The first kappa shape index (κ1) is 13.2. The van der Waals surface area contributed by atoms with E-state index < -0.39 is 11.7 Å². The number of ether oxygens (including phenoxy) is 2. The number of hydrogen-bond acceptors (Lipinski definition) is 5. The van der Waals surface area contributed by atoms with Gasteiger partial charge in [-0.05, 0) is 21.0 Å². The average Bonchev–Trinajstić information content (AvgIpc) is 2.99. The largest absolute Gasteiger partial charge is 0.439 e. The number of carbonyl (C=O) groups is 1. The molecule has 5 heteroatoms. The van der Waals surface area contributed by atoms with Gasteiger partial charge >= 0.3 is 5.97 Å². The standard InChI is InChI=1S/C11H20N2O3/c1-8(2)10(14)16-11(7-12,13(3)4)5-9-6-15-9/h9H,1,5-7,12H2,2-4H3. The molecule has 1 aliphatic heterocycles. The minimum absolute atomic E-state index is 0.142. The van der Waals surface area contributed by atoms with Gasteiger partial charge < -0.3 is 15.2 Å². The van der Waals surface area contributed by atoms with Crippen molar-refractivity contribution in [3.05, 3.63) is 12.2 Å². The molecule has 0 bridgehead atoms. The van der Waals surface area contributed by atoms with Gasteiger partial charge in [-0.1, -0.05) is 6.58 Å². The van der Waals surface area contributed by atoms with Crippen LogP contribution < -0.4 is 5.73 Å². The highest BCUT2D eigenvalue weighted by Crippen LogP contribution is 2.27. The maximum atomic E-state index is 11.6. The smallest absolute Gasteiger partial charge is 0.334 e. The molecule has 92 valence electrons. The molecule has 0 spiro atoms. The lowest BCUT2D eigenvalue weighted by atomic mass is 10.1. The summed E-state index contributed by atoms with van der Waals surface area (Å²) >= 11 is 0. The molecule has 1 fully saturated rings. The highest BCUT2D eigenvalue weighted by atomic mass is 16.6. The summed E-state index contributed by atoms with van der Waals surface area (Å²) in [6.07, 6.45) is 0.735. The Kier molecular flexibility index (Phi) is 4.07. The van der Waals surface area contributed by atoms with Gasteiger partial charge in [0.2, 0.25) is 0 Å². The normalized spacial score (nSPS) is 22.7. The molecule has 0 saturated carbocycles. The Balaban J connectivity index is 2.74. The summed E-state index contributed by atoms with van der Waals surface area (Å²) in [6, 6.07) is 0. The zero-order chi connectivity index (χ0) is 12.3. The van der Waals surface area contributed by atoms with Crippen molar-refractivity contribution in [3.8, 4) is 0 Å². The summed E-state index contributed by atoms with van der Waals surface area (Å²) in [5, 5.41) is 0. The Hall–Kier alpha value is -0.910. The molecule has 2 unspecified atom stereocenters. The molecule has 1 heterocycles. The molecule has 0 aromatic carbocycles. The van der Waals surface area contributed by atoms with Gasteiger partial charge in [0.05, 0.1) is 12.7 Å². The minimum atomic E-state index is -0.794. The quantitative estimate of drug-likeness (QED) is 0.302. The molecule has 16 heavy (non-hydrogen) atoms. The van der Waals surface area contributed by atoms with Gasteiger partial charge in [-0.15, -0.1) is 0 Å². The van der Waals surface area contributed by atoms with Crippen LogP contribution in [0, 0.1) is 0 Å². The molecule has 1 saturated heterocycles. The van der Waals surface area contributed by atoms with E-state index in [0.29, 0.717) is 18.6 Å². The number of nitrogens with zero attached hydrogens (tertiary/aromatic N) is 1. The maximum absolute atomic E-state index is 11.6. The summed E-state index contributed by atoms with van der Waals surface area (Å²) < 4.78 is 10.6. The second-order valence-electron chi connectivity index (χ2n) is 4.37. The number of epoxide rings is 1. The van der Waals surface area contributed by atoms with Crippen molar-refractivity contribution in [1.82, 2.24) is 4.90 Å². The SMILES string of the molecule is C=C(C)C(=O)OC(CN)(CC1CO1)N(C)C. The Morgan fingerprint density at radius 1 is 1.69 bits per heavy atom. The van der Waals surface area contributed by atoms with E-state index in [1.165, 1.54) is 0 Å².